The van der Waals surface area contributed by atoms with Crippen LogP contribution in [-0.2, 0) is 29.4 Å². The van der Waals surface area contributed by atoms with Crippen LogP contribution in [0.2, 0.25) is 0 Å². The van der Waals surface area contributed by atoms with E-state index in [1.165, 1.54) is 26.8 Å². The number of alkyl carbamates (subject to hydrolysis) is 1. The first-order chi connectivity index (χ1) is 16.9. The lowest BCUT2D eigenvalue weighted by atomic mass is 9.76. The molecule has 1 aromatic rings. The summed E-state index contributed by atoms with van der Waals surface area (Å²) >= 11 is 0. The Kier molecular flexibility index (Phi) is 10.3. The Bertz CT molecular complexity index is 1040. The molecule has 0 spiro atoms. The summed E-state index contributed by atoms with van der Waals surface area (Å²) in [6.07, 6.45) is -14.9. The van der Waals surface area contributed by atoms with Crippen LogP contribution in [0.5, 0.6) is 0 Å². The van der Waals surface area contributed by atoms with Crippen LogP contribution in [0.1, 0.15) is 59.9 Å². The number of hydrogen-bond donors (Lipinski definition) is 2. The molecular formula is C24H34F6N2O5S. The number of alkyl halides is 6. The van der Waals surface area contributed by atoms with Gasteiger partial charge < -0.3 is 14.8 Å². The van der Waals surface area contributed by atoms with Gasteiger partial charge in [0.25, 0.3) is 0 Å². The van der Waals surface area contributed by atoms with Crippen molar-refractivity contribution in [3.63, 3.8) is 0 Å². The lowest BCUT2D eigenvalue weighted by Gasteiger charge is -2.38. The molecule has 0 aliphatic heterocycles. The zero-order valence-electron chi connectivity index (χ0n) is 22.0. The van der Waals surface area contributed by atoms with Gasteiger partial charge in [-0.05, 0) is 59.9 Å². The summed E-state index contributed by atoms with van der Waals surface area (Å²) in [5.74, 6) is -3.05. The Morgan fingerprint density at radius 1 is 0.868 bits per heavy atom. The average Bonchev–Trinajstić information content (AvgIpc) is 2.67. The molecule has 38 heavy (non-hydrogen) atoms. The first kappa shape index (κ1) is 33.5. The van der Waals surface area contributed by atoms with Crippen molar-refractivity contribution in [1.82, 2.24) is 5.32 Å². The number of amides is 1. The number of hydrogen-bond acceptors (Lipinski definition) is 6. The number of benzene rings is 1. The fourth-order valence-electron chi connectivity index (χ4n) is 3.44. The summed E-state index contributed by atoms with van der Waals surface area (Å²) in [6.45, 7) is 9.23. The van der Waals surface area contributed by atoms with Gasteiger partial charge in [0, 0.05) is 21.2 Å². The first-order valence-electron chi connectivity index (χ1n) is 11.6. The molecule has 1 amide bonds. The summed E-state index contributed by atoms with van der Waals surface area (Å²) in [6, 6.07) is 3.13. The quantitative estimate of drug-likeness (QED) is 0.273. The van der Waals surface area contributed by atoms with Crippen LogP contribution in [-0.4, -0.2) is 57.4 Å². The van der Waals surface area contributed by atoms with E-state index in [9.17, 15) is 40.1 Å². The van der Waals surface area contributed by atoms with E-state index in [0.29, 0.717) is 12.1 Å². The molecule has 0 saturated heterocycles. The molecule has 0 saturated carbocycles. The molecule has 0 aliphatic carbocycles. The first-order valence-corrected chi connectivity index (χ1v) is 13.5. The molecule has 2 N–H and O–H groups in total. The SMILES string of the molecule is CC(C)(C)OC(=O)N[C@@H](CCS(=N)(=O)CCC(c1ccccc1)(C(F)(F)F)C(F)(F)F)C(=O)OC(C)(C)C. The maximum Gasteiger partial charge on any atom is 0.408 e. The highest BCUT2D eigenvalue weighted by Crippen LogP contribution is 2.54. The summed E-state index contributed by atoms with van der Waals surface area (Å²) in [7, 11) is -4.09. The molecule has 7 nitrogen and oxygen atoms in total. The van der Waals surface area contributed by atoms with Gasteiger partial charge in [0.2, 0.25) is 0 Å². The van der Waals surface area contributed by atoms with Gasteiger partial charge in [-0.15, -0.1) is 0 Å². The predicted octanol–water partition coefficient (Wildman–Crippen LogP) is 6.11. The number of ether oxygens (including phenoxy) is 2. The standard InChI is InChI=1S/C24H34F6N2O5S/c1-20(2,3)36-18(33)17(32-19(34)37-21(4,5)6)12-14-38(31,35)15-13-22(23(25,26)27,24(28,29)30)16-10-8-7-9-11-16/h7-11,17,31H,12-15H2,1-6H3,(H,32,34)/t17-,38?/m0/s1. The van der Waals surface area contributed by atoms with Gasteiger partial charge in [-0.3, -0.25) is 4.78 Å². The van der Waals surface area contributed by atoms with E-state index in [-0.39, 0.29) is 0 Å². The third-order valence-electron chi connectivity index (χ3n) is 5.16. The summed E-state index contributed by atoms with van der Waals surface area (Å²) in [5, 5.41) is 2.21. The average molecular weight is 577 g/mol. The van der Waals surface area contributed by atoms with Crippen molar-refractivity contribution in [3.05, 3.63) is 35.9 Å². The normalized spacial score (nSPS) is 15.8. The van der Waals surface area contributed by atoms with E-state index in [4.69, 9.17) is 14.3 Å². The summed E-state index contributed by atoms with van der Waals surface area (Å²) < 4.78 is 115. The molecule has 218 valence electrons. The van der Waals surface area contributed by atoms with E-state index in [2.05, 4.69) is 5.32 Å². The maximum atomic E-state index is 14.0. The van der Waals surface area contributed by atoms with Crippen molar-refractivity contribution in [3.8, 4) is 0 Å². The van der Waals surface area contributed by atoms with Crippen LogP contribution in [0.15, 0.2) is 30.3 Å². The molecule has 1 unspecified atom stereocenters. The van der Waals surface area contributed by atoms with Gasteiger partial charge in [-0.1, -0.05) is 30.3 Å². The highest BCUT2D eigenvalue weighted by Gasteiger charge is 2.71. The zero-order chi connectivity index (χ0) is 29.8. The van der Waals surface area contributed by atoms with Gasteiger partial charge in [0.15, 0.2) is 5.41 Å². The molecule has 0 radical (unpaired) electrons. The third-order valence-corrected chi connectivity index (χ3v) is 6.92. The number of carbonyl (C=O) groups excluding carboxylic acids is 2. The van der Waals surface area contributed by atoms with Crippen LogP contribution in [0.4, 0.5) is 31.1 Å². The van der Waals surface area contributed by atoms with Crippen molar-refractivity contribution in [2.45, 2.75) is 89.4 Å². The molecular weight excluding hydrogens is 542 g/mol. The number of carbonyl (C=O) groups is 2. The van der Waals surface area contributed by atoms with E-state index < -0.39 is 86.7 Å². The second kappa shape index (κ2) is 11.7. The molecule has 0 bridgehead atoms. The van der Waals surface area contributed by atoms with Crippen molar-refractivity contribution in [2.24, 2.45) is 0 Å². The highest BCUT2D eigenvalue weighted by atomic mass is 32.2. The highest BCUT2D eigenvalue weighted by molar-refractivity contribution is 7.92. The van der Waals surface area contributed by atoms with Gasteiger partial charge in [0.1, 0.15) is 17.2 Å². The molecule has 0 heterocycles. The van der Waals surface area contributed by atoms with Gasteiger partial charge in [-0.2, -0.15) is 26.3 Å². The lowest BCUT2D eigenvalue weighted by Crippen LogP contribution is -2.55. The smallest absolute Gasteiger partial charge is 0.408 e. The molecule has 1 rings (SSSR count). The molecule has 0 fully saturated rings. The van der Waals surface area contributed by atoms with E-state index in [0.717, 1.165) is 12.1 Å². The van der Waals surface area contributed by atoms with Crippen molar-refractivity contribution < 1.29 is 49.6 Å². The van der Waals surface area contributed by atoms with Gasteiger partial charge in [-0.25, -0.2) is 13.8 Å². The monoisotopic (exact) mass is 576 g/mol. The second-order valence-corrected chi connectivity index (χ2v) is 13.2. The lowest BCUT2D eigenvalue weighted by molar-refractivity contribution is -0.304. The Hall–Kier alpha value is -2.51. The summed E-state index contributed by atoms with van der Waals surface area (Å²) in [5.41, 5.74) is -7.42. The molecule has 0 aromatic heterocycles. The van der Waals surface area contributed by atoms with Crippen LogP contribution in [0.25, 0.3) is 0 Å². The van der Waals surface area contributed by atoms with Crippen molar-refractivity contribution in [2.75, 3.05) is 11.5 Å². The van der Waals surface area contributed by atoms with E-state index in [1.807, 2.05) is 0 Å². The van der Waals surface area contributed by atoms with E-state index in [1.54, 1.807) is 20.8 Å². The van der Waals surface area contributed by atoms with E-state index >= 15 is 0 Å². The number of nitrogens with one attached hydrogen (secondary N) is 2. The largest absolute Gasteiger partial charge is 0.458 e. The fourth-order valence-corrected chi connectivity index (χ4v) is 4.89. The molecule has 0 aliphatic rings. The number of rotatable bonds is 9. The molecule has 14 heteroatoms. The number of halogens is 6. The molecule has 2 atom stereocenters. The third kappa shape index (κ3) is 9.66. The van der Waals surface area contributed by atoms with Crippen LogP contribution < -0.4 is 5.32 Å². The second-order valence-electron chi connectivity index (χ2n) is 10.8. The Labute approximate surface area is 218 Å². The van der Waals surface area contributed by atoms with Crippen molar-refractivity contribution in [1.29, 1.82) is 4.78 Å². The summed E-state index contributed by atoms with van der Waals surface area (Å²) in [4.78, 5) is 24.8. The molecule has 1 aromatic carbocycles. The van der Waals surface area contributed by atoms with Crippen LogP contribution in [0.3, 0.4) is 0 Å². The minimum absolute atomic E-state index is 0.549. The van der Waals surface area contributed by atoms with Crippen LogP contribution in [0, 0.1) is 4.78 Å². The maximum absolute atomic E-state index is 14.0. The Morgan fingerprint density at radius 3 is 1.76 bits per heavy atom. The topological polar surface area (TPSA) is 106 Å². The van der Waals surface area contributed by atoms with Gasteiger partial charge >= 0.3 is 24.4 Å². The van der Waals surface area contributed by atoms with Gasteiger partial charge in [0.05, 0.1) is 0 Å². The number of esters is 1. The minimum atomic E-state index is -5.81. The fraction of sp³-hybridized carbons (Fsp3) is 0.667. The Balaban J connectivity index is 3.20. The van der Waals surface area contributed by atoms with Crippen molar-refractivity contribution >= 4 is 21.8 Å². The van der Waals surface area contributed by atoms with Crippen LogP contribution >= 0.6 is 0 Å². The zero-order valence-corrected chi connectivity index (χ0v) is 22.8. The predicted molar refractivity (Wildman–Crippen MR) is 129 cm³/mol. The minimum Gasteiger partial charge on any atom is -0.458 e. The Morgan fingerprint density at radius 2 is 1.34 bits per heavy atom.